The minimum atomic E-state index is 0.0677. The number of nitrogens with zero attached hydrogens (tertiary/aromatic N) is 1. The second-order valence-electron chi connectivity index (χ2n) is 4.49. The van der Waals surface area contributed by atoms with Crippen molar-refractivity contribution in [1.29, 1.82) is 0 Å². The molecule has 2 aromatic rings. The van der Waals surface area contributed by atoms with E-state index in [-0.39, 0.29) is 6.61 Å². The molecule has 0 saturated heterocycles. The molecule has 1 N–H and O–H groups in total. The van der Waals surface area contributed by atoms with Crippen LogP contribution in [0.1, 0.15) is 31.4 Å². The van der Waals surface area contributed by atoms with Crippen LogP contribution in [0, 0.1) is 0 Å². The largest absolute Gasteiger partial charge is 0.392 e. The predicted molar refractivity (Wildman–Crippen MR) is 73.5 cm³/mol. The molecular weight excluding hydrogens is 226 g/mol. The van der Waals surface area contributed by atoms with Crippen LogP contribution in [-0.2, 0) is 24.5 Å². The SMILES string of the molecule is CCCOCn1cc(CC)c2cccc(CO)c21. The van der Waals surface area contributed by atoms with Crippen LogP contribution in [0.2, 0.25) is 0 Å². The summed E-state index contributed by atoms with van der Waals surface area (Å²) in [7, 11) is 0. The number of rotatable bonds is 6. The van der Waals surface area contributed by atoms with Gasteiger partial charge in [-0.1, -0.05) is 32.0 Å². The third kappa shape index (κ3) is 2.42. The summed E-state index contributed by atoms with van der Waals surface area (Å²) in [6.45, 7) is 5.64. The topological polar surface area (TPSA) is 34.4 Å². The Hall–Kier alpha value is -1.32. The maximum atomic E-state index is 9.46. The first-order valence-corrected chi connectivity index (χ1v) is 6.60. The Bertz CT molecular complexity index is 516. The summed E-state index contributed by atoms with van der Waals surface area (Å²) in [5.41, 5.74) is 3.38. The first-order valence-electron chi connectivity index (χ1n) is 6.60. The van der Waals surface area contributed by atoms with Gasteiger partial charge in [0.25, 0.3) is 0 Å². The van der Waals surface area contributed by atoms with Crippen molar-refractivity contribution in [3.05, 3.63) is 35.5 Å². The number of para-hydroxylation sites is 1. The van der Waals surface area contributed by atoms with E-state index in [9.17, 15) is 5.11 Å². The minimum absolute atomic E-state index is 0.0677. The van der Waals surface area contributed by atoms with Gasteiger partial charge in [0.2, 0.25) is 0 Å². The lowest BCUT2D eigenvalue weighted by atomic mass is 10.1. The first-order chi connectivity index (χ1) is 8.81. The summed E-state index contributed by atoms with van der Waals surface area (Å²) in [5, 5.41) is 10.7. The molecule has 0 fully saturated rings. The lowest BCUT2D eigenvalue weighted by Crippen LogP contribution is -2.03. The van der Waals surface area contributed by atoms with Crippen LogP contribution < -0.4 is 0 Å². The van der Waals surface area contributed by atoms with Crippen LogP contribution in [0.15, 0.2) is 24.4 Å². The monoisotopic (exact) mass is 247 g/mol. The molecule has 0 aliphatic rings. The van der Waals surface area contributed by atoms with Crippen molar-refractivity contribution in [2.24, 2.45) is 0 Å². The van der Waals surface area contributed by atoms with Crippen LogP contribution in [0.25, 0.3) is 10.9 Å². The van der Waals surface area contributed by atoms with E-state index in [1.54, 1.807) is 0 Å². The Morgan fingerprint density at radius 1 is 1.22 bits per heavy atom. The zero-order valence-electron chi connectivity index (χ0n) is 11.1. The first kappa shape index (κ1) is 13.1. The lowest BCUT2D eigenvalue weighted by Gasteiger charge is -2.08. The van der Waals surface area contributed by atoms with Gasteiger partial charge in [-0.25, -0.2) is 0 Å². The van der Waals surface area contributed by atoms with Crippen molar-refractivity contribution in [2.45, 2.75) is 40.0 Å². The molecule has 0 spiro atoms. The number of aliphatic hydroxyl groups excluding tert-OH is 1. The Balaban J connectivity index is 2.44. The second-order valence-corrected chi connectivity index (χ2v) is 4.49. The van der Waals surface area contributed by atoms with Gasteiger partial charge in [0, 0.05) is 23.8 Å². The van der Waals surface area contributed by atoms with Crippen molar-refractivity contribution in [1.82, 2.24) is 4.57 Å². The highest BCUT2D eigenvalue weighted by atomic mass is 16.5. The Kier molecular flexibility index (Phi) is 4.39. The molecule has 0 radical (unpaired) electrons. The van der Waals surface area contributed by atoms with E-state index in [4.69, 9.17) is 4.74 Å². The van der Waals surface area contributed by atoms with E-state index in [0.717, 1.165) is 30.5 Å². The lowest BCUT2D eigenvalue weighted by molar-refractivity contribution is 0.0801. The second kappa shape index (κ2) is 6.03. The van der Waals surface area contributed by atoms with Gasteiger partial charge in [0.15, 0.2) is 0 Å². The van der Waals surface area contributed by atoms with Gasteiger partial charge in [-0.3, -0.25) is 0 Å². The van der Waals surface area contributed by atoms with Crippen LogP contribution in [-0.4, -0.2) is 16.3 Å². The summed E-state index contributed by atoms with van der Waals surface area (Å²) < 4.78 is 7.72. The summed E-state index contributed by atoms with van der Waals surface area (Å²) in [6.07, 6.45) is 4.15. The van der Waals surface area contributed by atoms with Gasteiger partial charge in [-0.15, -0.1) is 0 Å². The summed E-state index contributed by atoms with van der Waals surface area (Å²) in [4.78, 5) is 0. The number of hydrogen-bond acceptors (Lipinski definition) is 2. The zero-order chi connectivity index (χ0) is 13.0. The van der Waals surface area contributed by atoms with E-state index in [1.807, 2.05) is 12.1 Å². The molecule has 3 heteroatoms. The van der Waals surface area contributed by atoms with E-state index in [0.29, 0.717) is 6.73 Å². The molecule has 0 aliphatic carbocycles. The molecule has 1 aromatic carbocycles. The van der Waals surface area contributed by atoms with Crippen molar-refractivity contribution in [3.63, 3.8) is 0 Å². The highest BCUT2D eigenvalue weighted by Gasteiger charge is 2.10. The van der Waals surface area contributed by atoms with Gasteiger partial charge in [-0.2, -0.15) is 0 Å². The fraction of sp³-hybridized carbons (Fsp3) is 0.467. The number of aromatic nitrogens is 1. The molecular formula is C15H21NO2. The van der Waals surface area contributed by atoms with Crippen LogP contribution in [0.4, 0.5) is 0 Å². The molecule has 0 aliphatic heterocycles. The predicted octanol–water partition coefficient (Wildman–Crippen LogP) is 3.08. The summed E-state index contributed by atoms with van der Waals surface area (Å²) in [6, 6.07) is 6.09. The molecule has 2 rings (SSSR count). The molecule has 98 valence electrons. The molecule has 18 heavy (non-hydrogen) atoms. The van der Waals surface area contributed by atoms with Crippen molar-refractivity contribution < 1.29 is 9.84 Å². The van der Waals surface area contributed by atoms with Gasteiger partial charge in [0.05, 0.1) is 12.1 Å². The highest BCUT2D eigenvalue weighted by molar-refractivity contribution is 5.86. The highest BCUT2D eigenvalue weighted by Crippen LogP contribution is 2.25. The van der Waals surface area contributed by atoms with E-state index in [2.05, 4.69) is 30.7 Å². The molecule has 0 amide bonds. The van der Waals surface area contributed by atoms with Crippen LogP contribution >= 0.6 is 0 Å². The number of fused-ring (bicyclic) bond motifs is 1. The molecule has 3 nitrogen and oxygen atoms in total. The van der Waals surface area contributed by atoms with Crippen LogP contribution in [0.5, 0.6) is 0 Å². The third-order valence-electron chi connectivity index (χ3n) is 3.19. The molecule has 0 saturated carbocycles. The van der Waals surface area contributed by atoms with Crippen molar-refractivity contribution in [3.8, 4) is 0 Å². The molecule has 0 unspecified atom stereocenters. The number of aliphatic hydroxyl groups is 1. The maximum absolute atomic E-state index is 9.46. The minimum Gasteiger partial charge on any atom is -0.392 e. The van der Waals surface area contributed by atoms with Crippen molar-refractivity contribution >= 4 is 10.9 Å². The standard InChI is InChI=1S/C15H21NO2/c1-3-8-18-11-16-9-12(4-2)14-7-5-6-13(10-17)15(14)16/h5-7,9,17H,3-4,8,10-11H2,1-2H3. The van der Waals surface area contributed by atoms with E-state index in [1.165, 1.54) is 10.9 Å². The molecule has 0 atom stereocenters. The molecule has 1 heterocycles. The average molecular weight is 247 g/mol. The van der Waals surface area contributed by atoms with Crippen molar-refractivity contribution in [2.75, 3.05) is 6.61 Å². The van der Waals surface area contributed by atoms with E-state index >= 15 is 0 Å². The number of hydrogen-bond donors (Lipinski definition) is 1. The van der Waals surface area contributed by atoms with Gasteiger partial charge in [-0.05, 0) is 18.4 Å². The Morgan fingerprint density at radius 2 is 2.06 bits per heavy atom. The summed E-state index contributed by atoms with van der Waals surface area (Å²) in [5.74, 6) is 0. The fourth-order valence-corrected chi connectivity index (χ4v) is 2.33. The molecule has 1 aromatic heterocycles. The van der Waals surface area contributed by atoms with Gasteiger partial charge in [0.1, 0.15) is 6.73 Å². The normalized spacial score (nSPS) is 11.3. The maximum Gasteiger partial charge on any atom is 0.122 e. The van der Waals surface area contributed by atoms with Gasteiger partial charge < -0.3 is 14.4 Å². The zero-order valence-corrected chi connectivity index (χ0v) is 11.1. The number of ether oxygens (including phenoxy) is 1. The third-order valence-corrected chi connectivity index (χ3v) is 3.19. The fourth-order valence-electron chi connectivity index (χ4n) is 2.33. The summed E-state index contributed by atoms with van der Waals surface area (Å²) >= 11 is 0. The Morgan fingerprint density at radius 3 is 2.72 bits per heavy atom. The average Bonchev–Trinajstić information content (AvgIpc) is 2.77. The number of benzene rings is 1. The van der Waals surface area contributed by atoms with Gasteiger partial charge >= 0.3 is 0 Å². The van der Waals surface area contributed by atoms with E-state index < -0.39 is 0 Å². The Labute approximate surface area is 108 Å². The molecule has 0 bridgehead atoms. The smallest absolute Gasteiger partial charge is 0.122 e. The number of aryl methyl sites for hydroxylation is 1. The quantitative estimate of drug-likeness (QED) is 0.796. The van der Waals surface area contributed by atoms with Crippen LogP contribution in [0.3, 0.4) is 0 Å².